The van der Waals surface area contributed by atoms with Gasteiger partial charge < -0.3 is 20.1 Å². The van der Waals surface area contributed by atoms with Gasteiger partial charge in [0.1, 0.15) is 13.0 Å². The third-order valence-corrected chi connectivity index (χ3v) is 2.60. The molecule has 0 aromatic heterocycles. The lowest BCUT2D eigenvalue weighted by Gasteiger charge is -2.08. The molecule has 0 saturated carbocycles. The van der Waals surface area contributed by atoms with Crippen LogP contribution in [0.5, 0.6) is 0 Å². The van der Waals surface area contributed by atoms with Crippen molar-refractivity contribution in [3.63, 3.8) is 0 Å². The lowest BCUT2D eigenvalue weighted by Crippen LogP contribution is -2.27. The van der Waals surface area contributed by atoms with Crippen LogP contribution in [0.3, 0.4) is 0 Å². The summed E-state index contributed by atoms with van der Waals surface area (Å²) in [5.74, 6) is -0.592. The maximum absolute atomic E-state index is 11.5. The molecule has 0 fully saturated rings. The number of rotatable bonds is 9. The Morgan fingerprint density at radius 3 is 2.82 bits per heavy atom. The number of nitrogens with one attached hydrogen (secondary N) is 2. The van der Waals surface area contributed by atoms with Crippen molar-refractivity contribution < 1.29 is 19.1 Å². The summed E-state index contributed by atoms with van der Waals surface area (Å²) in [6.07, 6.45) is -0.195. The Morgan fingerprint density at radius 2 is 2.09 bits per heavy atom. The topological polar surface area (TPSA) is 100 Å². The summed E-state index contributed by atoms with van der Waals surface area (Å²) in [7, 11) is 1.56. The molecule has 0 aliphatic rings. The minimum atomic E-state index is -0.366. The van der Waals surface area contributed by atoms with Gasteiger partial charge in [0.25, 0.3) is 0 Å². The summed E-state index contributed by atoms with van der Waals surface area (Å²) < 4.78 is 9.91. The van der Waals surface area contributed by atoms with E-state index in [0.29, 0.717) is 25.4 Å². The van der Waals surface area contributed by atoms with Crippen molar-refractivity contribution in [2.75, 3.05) is 32.2 Å². The molecule has 0 atom stereocenters. The summed E-state index contributed by atoms with van der Waals surface area (Å²) in [6.45, 7) is 1.11. The SMILES string of the molecule is COCCOCC(=O)NCc1cccc(NC(=O)CC#N)c1. The van der Waals surface area contributed by atoms with Gasteiger partial charge in [0.15, 0.2) is 0 Å². The zero-order valence-corrected chi connectivity index (χ0v) is 12.4. The fourth-order valence-corrected chi connectivity index (χ4v) is 1.59. The van der Waals surface area contributed by atoms with Crippen molar-refractivity contribution in [1.29, 1.82) is 5.26 Å². The Bertz CT molecular complexity index is 540. The van der Waals surface area contributed by atoms with E-state index in [1.165, 1.54) is 0 Å². The monoisotopic (exact) mass is 305 g/mol. The molecular weight excluding hydrogens is 286 g/mol. The van der Waals surface area contributed by atoms with E-state index < -0.39 is 0 Å². The number of methoxy groups -OCH3 is 1. The molecule has 0 heterocycles. The third kappa shape index (κ3) is 7.38. The smallest absolute Gasteiger partial charge is 0.246 e. The van der Waals surface area contributed by atoms with Gasteiger partial charge in [-0.3, -0.25) is 9.59 Å². The van der Waals surface area contributed by atoms with Crippen LogP contribution >= 0.6 is 0 Å². The van der Waals surface area contributed by atoms with Crippen LogP contribution in [0.25, 0.3) is 0 Å². The Hall–Kier alpha value is -2.43. The van der Waals surface area contributed by atoms with Crippen LogP contribution in [-0.2, 0) is 25.6 Å². The number of nitrogens with zero attached hydrogens (tertiary/aromatic N) is 1. The maximum Gasteiger partial charge on any atom is 0.246 e. The second-order valence-corrected chi connectivity index (χ2v) is 4.41. The third-order valence-electron chi connectivity index (χ3n) is 2.60. The van der Waals surface area contributed by atoms with Crippen LogP contribution in [0, 0.1) is 11.3 Å². The van der Waals surface area contributed by atoms with Crippen LogP contribution in [0.1, 0.15) is 12.0 Å². The molecule has 118 valence electrons. The van der Waals surface area contributed by atoms with Gasteiger partial charge in [-0.15, -0.1) is 0 Å². The quantitative estimate of drug-likeness (QED) is 0.658. The fraction of sp³-hybridized carbons (Fsp3) is 0.400. The minimum absolute atomic E-state index is 0.0258. The van der Waals surface area contributed by atoms with E-state index in [1.54, 1.807) is 31.4 Å². The second-order valence-electron chi connectivity index (χ2n) is 4.41. The zero-order valence-electron chi connectivity index (χ0n) is 12.4. The Labute approximate surface area is 129 Å². The molecule has 2 N–H and O–H groups in total. The van der Waals surface area contributed by atoms with Crippen molar-refractivity contribution in [1.82, 2.24) is 5.32 Å². The van der Waals surface area contributed by atoms with E-state index >= 15 is 0 Å². The molecule has 1 rings (SSSR count). The van der Waals surface area contributed by atoms with Gasteiger partial charge in [-0.25, -0.2) is 0 Å². The van der Waals surface area contributed by atoms with Gasteiger partial charge in [-0.1, -0.05) is 12.1 Å². The molecule has 0 unspecified atom stereocenters. The first-order chi connectivity index (χ1) is 10.7. The molecule has 0 aliphatic carbocycles. The van der Waals surface area contributed by atoms with E-state index in [-0.39, 0.29) is 24.8 Å². The summed E-state index contributed by atoms with van der Waals surface area (Å²) in [5.41, 5.74) is 1.42. The maximum atomic E-state index is 11.5. The van der Waals surface area contributed by atoms with Gasteiger partial charge in [-0.05, 0) is 17.7 Å². The average Bonchev–Trinajstić information content (AvgIpc) is 2.50. The lowest BCUT2D eigenvalue weighted by molar-refractivity contribution is -0.126. The number of hydrogen-bond donors (Lipinski definition) is 2. The van der Waals surface area contributed by atoms with E-state index in [2.05, 4.69) is 10.6 Å². The minimum Gasteiger partial charge on any atom is -0.382 e. The highest BCUT2D eigenvalue weighted by atomic mass is 16.5. The molecule has 7 nitrogen and oxygen atoms in total. The van der Waals surface area contributed by atoms with E-state index in [9.17, 15) is 9.59 Å². The largest absolute Gasteiger partial charge is 0.382 e. The second kappa shape index (κ2) is 10.3. The molecule has 0 saturated heterocycles. The van der Waals surface area contributed by atoms with Crippen LogP contribution in [0.2, 0.25) is 0 Å². The molecular formula is C15H19N3O4. The summed E-state index contributed by atoms with van der Waals surface area (Å²) in [6, 6.07) is 8.82. The standard InChI is InChI=1S/C15H19N3O4/c1-21-7-8-22-11-15(20)17-10-12-3-2-4-13(9-12)18-14(19)5-6-16/h2-4,9H,5,7-8,10-11H2,1H3,(H,17,20)(H,18,19). The highest BCUT2D eigenvalue weighted by molar-refractivity contribution is 5.92. The normalized spacial score (nSPS) is 9.82. The first kappa shape index (κ1) is 17.6. The zero-order chi connectivity index (χ0) is 16.2. The first-order valence-electron chi connectivity index (χ1n) is 6.75. The van der Waals surface area contributed by atoms with Gasteiger partial charge in [0.2, 0.25) is 11.8 Å². The fourth-order valence-electron chi connectivity index (χ4n) is 1.59. The van der Waals surface area contributed by atoms with Crippen molar-refractivity contribution in [2.24, 2.45) is 0 Å². The van der Waals surface area contributed by atoms with E-state index in [0.717, 1.165) is 5.56 Å². The molecule has 0 aliphatic heterocycles. The summed E-state index contributed by atoms with van der Waals surface area (Å²) >= 11 is 0. The number of hydrogen-bond acceptors (Lipinski definition) is 5. The van der Waals surface area contributed by atoms with Gasteiger partial charge >= 0.3 is 0 Å². The molecule has 22 heavy (non-hydrogen) atoms. The van der Waals surface area contributed by atoms with Crippen molar-refractivity contribution in [3.8, 4) is 6.07 Å². The van der Waals surface area contributed by atoms with Gasteiger partial charge in [0, 0.05) is 19.3 Å². The van der Waals surface area contributed by atoms with E-state index in [1.807, 2.05) is 6.07 Å². The van der Waals surface area contributed by atoms with Crippen molar-refractivity contribution in [3.05, 3.63) is 29.8 Å². The van der Waals surface area contributed by atoms with Crippen LogP contribution < -0.4 is 10.6 Å². The highest BCUT2D eigenvalue weighted by Crippen LogP contribution is 2.10. The molecule has 1 aromatic rings. The molecule has 0 bridgehead atoms. The van der Waals surface area contributed by atoms with Crippen LogP contribution in [0.15, 0.2) is 24.3 Å². The number of benzene rings is 1. The average molecular weight is 305 g/mol. The Kier molecular flexibility index (Phi) is 8.27. The molecule has 0 radical (unpaired) electrons. The molecule has 0 spiro atoms. The first-order valence-corrected chi connectivity index (χ1v) is 6.75. The van der Waals surface area contributed by atoms with Crippen molar-refractivity contribution in [2.45, 2.75) is 13.0 Å². The Morgan fingerprint density at radius 1 is 1.27 bits per heavy atom. The number of nitriles is 1. The van der Waals surface area contributed by atoms with Crippen molar-refractivity contribution >= 4 is 17.5 Å². The Balaban J connectivity index is 2.38. The van der Waals surface area contributed by atoms with Gasteiger partial charge in [-0.2, -0.15) is 5.26 Å². The summed E-state index contributed by atoms with van der Waals surface area (Å²) in [5, 5.41) is 13.8. The lowest BCUT2D eigenvalue weighted by atomic mass is 10.2. The molecule has 7 heteroatoms. The molecule has 2 amide bonds. The predicted octanol–water partition coefficient (Wildman–Crippen LogP) is 0.818. The highest BCUT2D eigenvalue weighted by Gasteiger charge is 2.04. The summed E-state index contributed by atoms with van der Waals surface area (Å²) in [4.78, 5) is 22.9. The number of anilines is 1. The van der Waals surface area contributed by atoms with Crippen LogP contribution in [-0.4, -0.2) is 38.7 Å². The molecule has 1 aromatic carbocycles. The van der Waals surface area contributed by atoms with E-state index in [4.69, 9.17) is 14.7 Å². The number of amides is 2. The number of carbonyl (C=O) groups excluding carboxylic acids is 2. The predicted molar refractivity (Wildman–Crippen MR) is 79.8 cm³/mol. The van der Waals surface area contributed by atoms with Crippen LogP contribution in [0.4, 0.5) is 5.69 Å². The number of ether oxygens (including phenoxy) is 2. The van der Waals surface area contributed by atoms with Gasteiger partial charge in [0.05, 0.1) is 19.3 Å². The number of carbonyl (C=O) groups is 2.